The Balaban J connectivity index is 1.52. The summed E-state index contributed by atoms with van der Waals surface area (Å²) in [5, 5.41) is 15.2. The molecule has 4 rings (SSSR count). The van der Waals surface area contributed by atoms with Gasteiger partial charge in [0.2, 0.25) is 11.8 Å². The highest BCUT2D eigenvalue weighted by atomic mass is 16.5. The van der Waals surface area contributed by atoms with Crippen LogP contribution < -0.4 is 15.5 Å². The fourth-order valence-electron chi connectivity index (χ4n) is 5.20. The molecule has 3 aromatic rings. The largest absolute Gasteiger partial charge is 0.380 e. The monoisotopic (exact) mass is 576 g/mol. The number of likely N-dealkylation sites (N-methyl/N-ethyl adjacent to an activating group) is 1. The van der Waals surface area contributed by atoms with E-state index in [1.807, 2.05) is 75.0 Å². The standard InChI is InChI=1S/C32H44N6O4/c1-5-42-32(2,3)17-18-34-28(39)15-16-29(40)37-23-24-11-6-7-12-25(24)31-30(26-13-8-9-14-27(26)37)35-36-38(31)20-10-21-41-22-19-33-4/h6-9,11-14,33H,5,10,15-23H2,1-4H3,(H,34,39). The van der Waals surface area contributed by atoms with E-state index in [0.29, 0.717) is 45.9 Å². The molecule has 10 heteroatoms. The van der Waals surface area contributed by atoms with Crippen LogP contribution in [-0.4, -0.2) is 72.4 Å². The highest BCUT2D eigenvalue weighted by Crippen LogP contribution is 2.41. The second-order valence-electron chi connectivity index (χ2n) is 11.0. The van der Waals surface area contributed by atoms with E-state index in [0.717, 1.165) is 46.7 Å². The van der Waals surface area contributed by atoms with E-state index in [-0.39, 0.29) is 30.3 Å². The molecule has 0 radical (unpaired) electrons. The Morgan fingerprint density at radius 1 is 1.00 bits per heavy atom. The summed E-state index contributed by atoms with van der Waals surface area (Å²) in [6.07, 6.45) is 1.72. The van der Waals surface area contributed by atoms with Gasteiger partial charge in [0, 0.05) is 56.8 Å². The second kappa shape index (κ2) is 15.0. The van der Waals surface area contributed by atoms with Gasteiger partial charge in [0.05, 0.1) is 30.1 Å². The van der Waals surface area contributed by atoms with Gasteiger partial charge in [-0.05, 0) is 52.3 Å². The zero-order valence-electron chi connectivity index (χ0n) is 25.3. The van der Waals surface area contributed by atoms with Crippen LogP contribution in [-0.2, 0) is 32.2 Å². The maximum Gasteiger partial charge on any atom is 0.227 e. The molecule has 0 bridgehead atoms. The third kappa shape index (κ3) is 8.02. The topological polar surface area (TPSA) is 111 Å². The van der Waals surface area contributed by atoms with Crippen LogP contribution in [0.15, 0.2) is 48.5 Å². The third-order valence-electron chi connectivity index (χ3n) is 7.39. The van der Waals surface area contributed by atoms with Crippen molar-refractivity contribution in [2.75, 3.05) is 44.9 Å². The number of ether oxygens (including phenoxy) is 2. The Bertz CT molecular complexity index is 1340. The van der Waals surface area contributed by atoms with Crippen molar-refractivity contribution in [2.45, 2.75) is 65.1 Å². The van der Waals surface area contributed by atoms with Crippen LogP contribution in [0.3, 0.4) is 0 Å². The maximum absolute atomic E-state index is 13.7. The molecule has 1 aliphatic heterocycles. The number of hydrogen-bond donors (Lipinski definition) is 2. The predicted molar refractivity (Wildman–Crippen MR) is 164 cm³/mol. The molecule has 0 aliphatic carbocycles. The van der Waals surface area contributed by atoms with Crippen molar-refractivity contribution < 1.29 is 19.1 Å². The molecule has 42 heavy (non-hydrogen) atoms. The van der Waals surface area contributed by atoms with E-state index in [2.05, 4.69) is 27.0 Å². The van der Waals surface area contributed by atoms with E-state index >= 15 is 0 Å². The number of nitrogens with zero attached hydrogens (tertiary/aromatic N) is 4. The predicted octanol–water partition coefficient (Wildman–Crippen LogP) is 4.19. The van der Waals surface area contributed by atoms with Crippen LogP contribution in [0.25, 0.3) is 22.5 Å². The Labute approximate surface area is 248 Å². The average molecular weight is 577 g/mol. The minimum atomic E-state index is -0.305. The third-order valence-corrected chi connectivity index (χ3v) is 7.39. The zero-order valence-corrected chi connectivity index (χ0v) is 25.3. The normalized spacial score (nSPS) is 12.6. The lowest BCUT2D eigenvalue weighted by Gasteiger charge is -2.28. The number of anilines is 1. The van der Waals surface area contributed by atoms with E-state index in [1.165, 1.54) is 0 Å². The molecular weight excluding hydrogens is 532 g/mol. The molecule has 1 aromatic heterocycles. The second-order valence-corrected chi connectivity index (χ2v) is 11.0. The number of nitrogens with one attached hydrogen (secondary N) is 2. The van der Waals surface area contributed by atoms with Gasteiger partial charge >= 0.3 is 0 Å². The number of para-hydroxylation sites is 1. The quantitative estimate of drug-likeness (QED) is 0.261. The summed E-state index contributed by atoms with van der Waals surface area (Å²) in [7, 11) is 1.91. The number of amides is 2. The highest BCUT2D eigenvalue weighted by Gasteiger charge is 2.29. The van der Waals surface area contributed by atoms with Crippen LogP contribution in [0.2, 0.25) is 0 Å². The van der Waals surface area contributed by atoms with Gasteiger partial charge in [0.25, 0.3) is 0 Å². The van der Waals surface area contributed by atoms with Crippen LogP contribution >= 0.6 is 0 Å². The lowest BCUT2D eigenvalue weighted by Crippen LogP contribution is -2.35. The van der Waals surface area contributed by atoms with Crippen LogP contribution in [0.1, 0.15) is 52.0 Å². The number of rotatable bonds is 15. The number of carbonyl (C=O) groups is 2. The molecule has 2 heterocycles. The van der Waals surface area contributed by atoms with Gasteiger partial charge in [-0.2, -0.15) is 0 Å². The van der Waals surface area contributed by atoms with E-state index < -0.39 is 0 Å². The van der Waals surface area contributed by atoms with E-state index in [9.17, 15) is 9.59 Å². The first-order valence-corrected chi connectivity index (χ1v) is 14.9. The summed E-state index contributed by atoms with van der Waals surface area (Å²) in [5.74, 6) is -0.256. The number of carbonyl (C=O) groups excluding carboxylic acids is 2. The number of fused-ring (bicyclic) bond motifs is 5. The molecule has 0 fully saturated rings. The number of aromatic nitrogens is 3. The molecule has 226 valence electrons. The smallest absolute Gasteiger partial charge is 0.227 e. The first-order valence-electron chi connectivity index (χ1n) is 14.9. The van der Waals surface area contributed by atoms with Gasteiger partial charge < -0.3 is 25.0 Å². The molecule has 2 N–H and O–H groups in total. The fraction of sp³-hybridized carbons (Fsp3) is 0.500. The minimum Gasteiger partial charge on any atom is -0.380 e. The van der Waals surface area contributed by atoms with Crippen molar-refractivity contribution in [1.29, 1.82) is 0 Å². The average Bonchev–Trinajstić information content (AvgIpc) is 3.38. The zero-order chi connectivity index (χ0) is 30.0. The summed E-state index contributed by atoms with van der Waals surface area (Å²) < 4.78 is 13.4. The molecule has 1 aliphatic rings. The Morgan fingerprint density at radius 2 is 1.76 bits per heavy atom. The van der Waals surface area contributed by atoms with Crippen LogP contribution in [0, 0.1) is 0 Å². The van der Waals surface area contributed by atoms with Gasteiger partial charge in [-0.15, -0.1) is 5.10 Å². The first kappa shape index (κ1) is 31.3. The first-order chi connectivity index (χ1) is 20.3. The molecule has 0 atom stereocenters. The molecule has 2 aromatic carbocycles. The molecule has 2 amide bonds. The molecule has 0 unspecified atom stereocenters. The summed E-state index contributed by atoms with van der Waals surface area (Å²) in [5.41, 5.74) is 4.97. The SMILES string of the molecule is CCOC(C)(C)CCNC(=O)CCC(=O)N1Cc2ccccc2-c2c(nnn2CCCOCCNC)-c2ccccc21. The fourth-order valence-corrected chi connectivity index (χ4v) is 5.20. The van der Waals surface area contributed by atoms with Gasteiger partial charge in [0.15, 0.2) is 0 Å². The van der Waals surface area contributed by atoms with Gasteiger partial charge in [0.1, 0.15) is 5.69 Å². The summed E-state index contributed by atoms with van der Waals surface area (Å²) in [6.45, 7) is 10.3. The van der Waals surface area contributed by atoms with Crippen molar-refractivity contribution in [2.24, 2.45) is 0 Å². The Kier molecular flexibility index (Phi) is 11.2. The van der Waals surface area contributed by atoms with Crippen LogP contribution in [0.5, 0.6) is 0 Å². The number of aryl methyl sites for hydroxylation is 1. The van der Waals surface area contributed by atoms with E-state index in [1.54, 1.807) is 4.90 Å². The van der Waals surface area contributed by atoms with Crippen LogP contribution in [0.4, 0.5) is 5.69 Å². The summed E-state index contributed by atoms with van der Waals surface area (Å²) >= 11 is 0. The van der Waals surface area contributed by atoms with Gasteiger partial charge in [-0.3, -0.25) is 9.59 Å². The number of benzene rings is 2. The molecular formula is C32H44N6O4. The maximum atomic E-state index is 13.7. The van der Waals surface area contributed by atoms with Gasteiger partial charge in [-0.1, -0.05) is 47.7 Å². The van der Waals surface area contributed by atoms with Crippen molar-refractivity contribution in [3.63, 3.8) is 0 Å². The Hall–Kier alpha value is -3.60. The van der Waals surface area contributed by atoms with E-state index in [4.69, 9.17) is 9.47 Å². The molecule has 0 spiro atoms. The van der Waals surface area contributed by atoms with Gasteiger partial charge in [-0.25, -0.2) is 4.68 Å². The summed E-state index contributed by atoms with van der Waals surface area (Å²) in [6, 6.07) is 15.9. The molecule has 0 saturated carbocycles. The molecule has 10 nitrogen and oxygen atoms in total. The molecule has 0 saturated heterocycles. The van der Waals surface area contributed by atoms with Crippen molar-refractivity contribution in [1.82, 2.24) is 25.6 Å². The lowest BCUT2D eigenvalue weighted by molar-refractivity contribution is -0.125. The summed E-state index contributed by atoms with van der Waals surface area (Å²) in [4.78, 5) is 28.1. The van der Waals surface area contributed by atoms with Crippen molar-refractivity contribution in [3.8, 4) is 22.5 Å². The van der Waals surface area contributed by atoms with Crippen molar-refractivity contribution >= 4 is 17.5 Å². The number of hydrogen-bond acceptors (Lipinski definition) is 7. The Morgan fingerprint density at radius 3 is 2.55 bits per heavy atom. The minimum absolute atomic E-state index is 0.101. The van der Waals surface area contributed by atoms with Crippen molar-refractivity contribution in [3.05, 3.63) is 54.1 Å². The lowest BCUT2D eigenvalue weighted by atomic mass is 9.95. The highest BCUT2D eigenvalue weighted by molar-refractivity contribution is 6.01.